The van der Waals surface area contributed by atoms with E-state index < -0.39 is 11.4 Å². The molecule has 1 amide bonds. The van der Waals surface area contributed by atoms with Crippen LogP contribution in [-0.4, -0.2) is 37.0 Å². The summed E-state index contributed by atoms with van der Waals surface area (Å²) >= 11 is 0. The Kier molecular flexibility index (Phi) is 3.23. The molecule has 0 spiro atoms. The summed E-state index contributed by atoms with van der Waals surface area (Å²) in [6.07, 6.45) is 0. The molecule has 0 unspecified atom stereocenters. The van der Waals surface area contributed by atoms with Gasteiger partial charge in [0.15, 0.2) is 11.4 Å². The fourth-order valence-electron chi connectivity index (χ4n) is 2.30. The minimum atomic E-state index is -0.800. The highest BCUT2D eigenvalue weighted by molar-refractivity contribution is 5.96. The number of halogens is 1. The fraction of sp³-hybridized carbons (Fsp3) is 0.286. The minimum Gasteiger partial charge on any atom is -0.419 e. The predicted molar refractivity (Wildman–Crippen MR) is 71.2 cm³/mol. The van der Waals surface area contributed by atoms with E-state index in [0.717, 1.165) is 0 Å². The first kappa shape index (κ1) is 12.8. The number of nitrogens with one attached hydrogen (secondary N) is 1. The predicted octanol–water partition coefficient (Wildman–Crippen LogP) is 0.978. The number of nitrogens with zero attached hydrogens (tertiary/aromatic N) is 1. The topological polar surface area (TPSA) is 62.6 Å². The number of benzene rings is 1. The van der Waals surface area contributed by atoms with Crippen molar-refractivity contribution in [2.24, 2.45) is 0 Å². The first-order chi connectivity index (χ1) is 9.66. The van der Waals surface area contributed by atoms with E-state index in [1.165, 1.54) is 18.2 Å². The maximum atomic E-state index is 13.5. The Morgan fingerprint density at radius 3 is 2.80 bits per heavy atom. The first-order valence-electron chi connectivity index (χ1n) is 6.39. The SMILES string of the molecule is O=C(c1cc2cccc(F)c2oc1=O)N1CCNCC1. The second-order valence-corrected chi connectivity index (χ2v) is 4.65. The molecule has 0 saturated carbocycles. The van der Waals surface area contributed by atoms with Gasteiger partial charge in [0.1, 0.15) is 5.56 Å². The third kappa shape index (κ3) is 2.18. The Balaban J connectivity index is 2.05. The van der Waals surface area contributed by atoms with Gasteiger partial charge in [0.25, 0.3) is 5.91 Å². The number of hydrogen-bond acceptors (Lipinski definition) is 4. The maximum absolute atomic E-state index is 13.5. The summed E-state index contributed by atoms with van der Waals surface area (Å²) in [6.45, 7) is 2.47. The summed E-state index contributed by atoms with van der Waals surface area (Å²) in [5, 5.41) is 3.53. The van der Waals surface area contributed by atoms with Crippen molar-refractivity contribution in [3.05, 3.63) is 46.1 Å². The molecule has 0 atom stereocenters. The number of hydrogen-bond donors (Lipinski definition) is 1. The lowest BCUT2D eigenvalue weighted by atomic mass is 10.1. The largest absolute Gasteiger partial charge is 0.419 e. The molecule has 1 aliphatic rings. The molecule has 1 fully saturated rings. The monoisotopic (exact) mass is 276 g/mol. The molecule has 1 aromatic carbocycles. The van der Waals surface area contributed by atoms with Crippen molar-refractivity contribution < 1.29 is 13.6 Å². The van der Waals surface area contributed by atoms with Gasteiger partial charge in [-0.1, -0.05) is 12.1 Å². The van der Waals surface area contributed by atoms with Crippen molar-refractivity contribution in [3.8, 4) is 0 Å². The minimum absolute atomic E-state index is 0.0509. The molecule has 104 valence electrons. The zero-order valence-electron chi connectivity index (χ0n) is 10.7. The van der Waals surface area contributed by atoms with Gasteiger partial charge in [-0.05, 0) is 12.1 Å². The standard InChI is InChI=1S/C14H13FN2O3/c15-11-3-1-2-9-8-10(14(19)20-12(9)11)13(18)17-6-4-16-5-7-17/h1-3,8,16H,4-7H2. The van der Waals surface area contributed by atoms with E-state index in [1.807, 2.05) is 0 Å². The Morgan fingerprint density at radius 1 is 1.30 bits per heavy atom. The van der Waals surface area contributed by atoms with E-state index in [4.69, 9.17) is 4.42 Å². The van der Waals surface area contributed by atoms with Crippen LogP contribution in [0.5, 0.6) is 0 Å². The number of para-hydroxylation sites is 1. The molecule has 0 bridgehead atoms. The third-order valence-electron chi connectivity index (χ3n) is 3.35. The molecule has 6 heteroatoms. The lowest BCUT2D eigenvalue weighted by molar-refractivity contribution is 0.0731. The van der Waals surface area contributed by atoms with Gasteiger partial charge in [0.05, 0.1) is 0 Å². The van der Waals surface area contributed by atoms with E-state index >= 15 is 0 Å². The summed E-state index contributed by atoms with van der Waals surface area (Å²) in [7, 11) is 0. The van der Waals surface area contributed by atoms with Gasteiger partial charge in [-0.15, -0.1) is 0 Å². The molecular weight excluding hydrogens is 263 g/mol. The molecule has 0 aliphatic carbocycles. The van der Waals surface area contributed by atoms with Crippen LogP contribution in [0, 0.1) is 5.82 Å². The van der Waals surface area contributed by atoms with Gasteiger partial charge in [0.2, 0.25) is 0 Å². The smallest absolute Gasteiger partial charge is 0.349 e. The number of carbonyl (C=O) groups is 1. The summed E-state index contributed by atoms with van der Waals surface area (Å²) in [5.74, 6) is -0.979. The van der Waals surface area contributed by atoms with Crippen LogP contribution in [0.4, 0.5) is 4.39 Å². The molecule has 3 rings (SSSR count). The van der Waals surface area contributed by atoms with Crippen molar-refractivity contribution in [1.82, 2.24) is 10.2 Å². The molecule has 1 saturated heterocycles. The number of carbonyl (C=O) groups excluding carboxylic acids is 1. The highest BCUT2D eigenvalue weighted by Crippen LogP contribution is 2.17. The molecule has 20 heavy (non-hydrogen) atoms. The van der Waals surface area contributed by atoms with Gasteiger partial charge in [-0.3, -0.25) is 4.79 Å². The quantitative estimate of drug-likeness (QED) is 0.789. The molecule has 1 N–H and O–H groups in total. The van der Waals surface area contributed by atoms with Crippen LogP contribution >= 0.6 is 0 Å². The average molecular weight is 276 g/mol. The van der Waals surface area contributed by atoms with Crippen LogP contribution in [0.2, 0.25) is 0 Å². The van der Waals surface area contributed by atoms with Crippen molar-refractivity contribution in [2.45, 2.75) is 0 Å². The van der Waals surface area contributed by atoms with E-state index in [0.29, 0.717) is 31.6 Å². The maximum Gasteiger partial charge on any atom is 0.349 e. The average Bonchev–Trinajstić information content (AvgIpc) is 2.48. The Morgan fingerprint density at radius 2 is 2.05 bits per heavy atom. The van der Waals surface area contributed by atoms with Crippen molar-refractivity contribution in [3.63, 3.8) is 0 Å². The van der Waals surface area contributed by atoms with Gasteiger partial charge < -0.3 is 14.6 Å². The molecule has 2 aromatic rings. The van der Waals surface area contributed by atoms with Crippen LogP contribution in [0.1, 0.15) is 10.4 Å². The van der Waals surface area contributed by atoms with Gasteiger partial charge >= 0.3 is 5.63 Å². The van der Waals surface area contributed by atoms with E-state index in [9.17, 15) is 14.0 Å². The molecule has 0 radical (unpaired) electrons. The third-order valence-corrected chi connectivity index (χ3v) is 3.35. The van der Waals surface area contributed by atoms with Crippen LogP contribution in [0.3, 0.4) is 0 Å². The van der Waals surface area contributed by atoms with Crippen LogP contribution in [0.25, 0.3) is 11.0 Å². The van der Waals surface area contributed by atoms with Crippen LogP contribution in [0.15, 0.2) is 33.5 Å². The lowest BCUT2D eigenvalue weighted by Crippen LogP contribution is -2.47. The van der Waals surface area contributed by atoms with Crippen LogP contribution in [-0.2, 0) is 0 Å². The second kappa shape index (κ2) is 5.05. The number of amides is 1. The second-order valence-electron chi connectivity index (χ2n) is 4.65. The first-order valence-corrected chi connectivity index (χ1v) is 6.39. The zero-order chi connectivity index (χ0) is 14.1. The normalized spacial score (nSPS) is 15.6. The van der Waals surface area contributed by atoms with E-state index in [2.05, 4.69) is 5.32 Å². The summed E-state index contributed by atoms with van der Waals surface area (Å²) < 4.78 is 18.5. The molecule has 5 nitrogen and oxygen atoms in total. The number of piperazine rings is 1. The van der Waals surface area contributed by atoms with Gasteiger partial charge in [0, 0.05) is 31.6 Å². The Labute approximate surface area is 114 Å². The highest BCUT2D eigenvalue weighted by atomic mass is 19.1. The molecule has 1 aromatic heterocycles. The summed E-state index contributed by atoms with van der Waals surface area (Å²) in [4.78, 5) is 25.8. The van der Waals surface area contributed by atoms with Crippen molar-refractivity contribution >= 4 is 16.9 Å². The van der Waals surface area contributed by atoms with Crippen LogP contribution < -0.4 is 10.9 Å². The molecule has 2 heterocycles. The van der Waals surface area contributed by atoms with Gasteiger partial charge in [-0.25, -0.2) is 9.18 Å². The van der Waals surface area contributed by atoms with E-state index in [-0.39, 0.29) is 17.1 Å². The Bertz CT molecular complexity index is 720. The van der Waals surface area contributed by atoms with Gasteiger partial charge in [-0.2, -0.15) is 0 Å². The summed E-state index contributed by atoms with van der Waals surface area (Å²) in [6, 6.07) is 5.73. The Hall–Kier alpha value is -2.21. The van der Waals surface area contributed by atoms with E-state index in [1.54, 1.807) is 11.0 Å². The molecular formula is C14H13FN2O3. The summed E-state index contributed by atoms with van der Waals surface area (Å²) in [5.41, 5.74) is -0.967. The zero-order valence-corrected chi connectivity index (χ0v) is 10.7. The molecule has 1 aliphatic heterocycles. The number of fused-ring (bicyclic) bond motifs is 1. The fourth-order valence-corrected chi connectivity index (χ4v) is 2.30. The van der Waals surface area contributed by atoms with Crippen molar-refractivity contribution in [1.29, 1.82) is 0 Å². The van der Waals surface area contributed by atoms with Crippen molar-refractivity contribution in [2.75, 3.05) is 26.2 Å². The number of rotatable bonds is 1. The lowest BCUT2D eigenvalue weighted by Gasteiger charge is -2.27. The highest BCUT2D eigenvalue weighted by Gasteiger charge is 2.22.